The fourth-order valence-corrected chi connectivity index (χ4v) is 2.34. The summed E-state index contributed by atoms with van der Waals surface area (Å²) in [6.07, 6.45) is 0.851. The van der Waals surface area contributed by atoms with Gasteiger partial charge in [0.1, 0.15) is 0 Å². The lowest BCUT2D eigenvalue weighted by molar-refractivity contribution is 0.0762. The second kappa shape index (κ2) is 5.84. The highest BCUT2D eigenvalue weighted by atomic mass is 35.5. The molecule has 0 aromatic heterocycles. The molecule has 1 saturated heterocycles. The molecule has 0 aliphatic carbocycles. The third-order valence-electron chi connectivity index (χ3n) is 3.25. The summed E-state index contributed by atoms with van der Waals surface area (Å²) < 4.78 is 26.2. The van der Waals surface area contributed by atoms with E-state index in [0.717, 1.165) is 31.6 Å². The van der Waals surface area contributed by atoms with Crippen molar-refractivity contribution in [1.29, 1.82) is 0 Å². The lowest BCUT2D eigenvalue weighted by atomic mass is 10.1. The van der Waals surface area contributed by atoms with Gasteiger partial charge in [-0.05, 0) is 32.1 Å². The van der Waals surface area contributed by atoms with Gasteiger partial charge < -0.3 is 9.80 Å². The van der Waals surface area contributed by atoms with Gasteiger partial charge in [-0.3, -0.25) is 4.79 Å². The molecule has 0 bridgehead atoms. The van der Waals surface area contributed by atoms with Crippen LogP contribution in [0, 0.1) is 11.6 Å². The summed E-state index contributed by atoms with van der Waals surface area (Å²) in [7, 11) is 1.98. The molecule has 0 spiro atoms. The van der Waals surface area contributed by atoms with Crippen molar-refractivity contribution in [2.24, 2.45) is 0 Å². The molecule has 104 valence electrons. The third-order valence-corrected chi connectivity index (χ3v) is 3.56. The number of hydrogen-bond acceptors (Lipinski definition) is 2. The molecule has 0 atom stereocenters. The predicted molar refractivity (Wildman–Crippen MR) is 69.4 cm³/mol. The van der Waals surface area contributed by atoms with Crippen LogP contribution in [0.4, 0.5) is 8.78 Å². The molecule has 1 aromatic rings. The average molecular weight is 289 g/mol. The predicted octanol–water partition coefficient (Wildman–Crippen LogP) is 2.40. The van der Waals surface area contributed by atoms with E-state index in [0.29, 0.717) is 13.1 Å². The molecule has 1 amide bonds. The number of carbonyl (C=O) groups excluding carboxylic acids is 1. The van der Waals surface area contributed by atoms with E-state index >= 15 is 0 Å². The number of amides is 1. The van der Waals surface area contributed by atoms with Crippen LogP contribution in [-0.4, -0.2) is 48.9 Å². The van der Waals surface area contributed by atoms with E-state index in [2.05, 4.69) is 4.90 Å². The summed E-state index contributed by atoms with van der Waals surface area (Å²) in [4.78, 5) is 16.0. The monoisotopic (exact) mass is 288 g/mol. The first-order valence-corrected chi connectivity index (χ1v) is 6.49. The standard InChI is InChI=1S/C13H15ClF2N2O/c1-17-3-2-4-18(6-5-17)13(19)9-7-11(15)12(16)8-10(9)14/h7-8H,2-6H2,1H3. The molecule has 0 unspecified atom stereocenters. The highest BCUT2D eigenvalue weighted by Crippen LogP contribution is 2.22. The van der Waals surface area contributed by atoms with Crippen molar-refractivity contribution in [3.05, 3.63) is 34.4 Å². The maximum absolute atomic E-state index is 13.2. The van der Waals surface area contributed by atoms with Gasteiger partial charge in [-0.25, -0.2) is 8.78 Å². The van der Waals surface area contributed by atoms with E-state index in [1.54, 1.807) is 4.90 Å². The van der Waals surface area contributed by atoms with Crippen molar-refractivity contribution in [2.75, 3.05) is 33.2 Å². The number of likely N-dealkylation sites (N-methyl/N-ethyl adjacent to an activating group) is 1. The van der Waals surface area contributed by atoms with Gasteiger partial charge in [0.2, 0.25) is 0 Å². The smallest absolute Gasteiger partial charge is 0.255 e. The highest BCUT2D eigenvalue weighted by Gasteiger charge is 2.22. The molecule has 0 saturated carbocycles. The summed E-state index contributed by atoms with van der Waals surface area (Å²) >= 11 is 5.82. The van der Waals surface area contributed by atoms with Crippen LogP contribution in [0.3, 0.4) is 0 Å². The van der Waals surface area contributed by atoms with Crippen molar-refractivity contribution in [2.45, 2.75) is 6.42 Å². The molecule has 1 aliphatic rings. The van der Waals surface area contributed by atoms with Crippen LogP contribution in [0.1, 0.15) is 16.8 Å². The van der Waals surface area contributed by atoms with Gasteiger partial charge in [-0.2, -0.15) is 0 Å². The first kappa shape index (κ1) is 14.2. The Hall–Kier alpha value is -1.20. The molecule has 0 radical (unpaired) electrons. The Kier molecular flexibility index (Phi) is 4.37. The second-order valence-electron chi connectivity index (χ2n) is 4.70. The average Bonchev–Trinajstić information content (AvgIpc) is 2.58. The van der Waals surface area contributed by atoms with Crippen molar-refractivity contribution < 1.29 is 13.6 Å². The van der Waals surface area contributed by atoms with Gasteiger partial charge in [0.25, 0.3) is 5.91 Å². The minimum Gasteiger partial charge on any atom is -0.337 e. The Balaban J connectivity index is 2.21. The van der Waals surface area contributed by atoms with Crippen LogP contribution < -0.4 is 0 Å². The minimum absolute atomic E-state index is 0.0186. The minimum atomic E-state index is -1.06. The van der Waals surface area contributed by atoms with Crippen LogP contribution in [0.5, 0.6) is 0 Å². The summed E-state index contributed by atoms with van der Waals surface area (Å²) in [6, 6.07) is 1.71. The fourth-order valence-electron chi connectivity index (χ4n) is 2.11. The largest absolute Gasteiger partial charge is 0.337 e. The van der Waals surface area contributed by atoms with Gasteiger partial charge in [0, 0.05) is 19.6 Å². The number of benzene rings is 1. The Labute approximate surface area is 115 Å². The Morgan fingerprint density at radius 3 is 2.58 bits per heavy atom. The molecular weight excluding hydrogens is 274 g/mol. The van der Waals surface area contributed by atoms with E-state index in [4.69, 9.17) is 11.6 Å². The first-order valence-electron chi connectivity index (χ1n) is 6.11. The van der Waals surface area contributed by atoms with Crippen LogP contribution in [0.15, 0.2) is 12.1 Å². The van der Waals surface area contributed by atoms with E-state index in [-0.39, 0.29) is 16.5 Å². The number of nitrogens with zero attached hydrogens (tertiary/aromatic N) is 2. The van der Waals surface area contributed by atoms with Crippen molar-refractivity contribution >= 4 is 17.5 Å². The number of carbonyl (C=O) groups is 1. The molecule has 1 fully saturated rings. The number of hydrogen-bond donors (Lipinski definition) is 0. The molecule has 2 rings (SSSR count). The Morgan fingerprint density at radius 1 is 1.16 bits per heavy atom. The van der Waals surface area contributed by atoms with E-state index < -0.39 is 11.6 Å². The van der Waals surface area contributed by atoms with Crippen LogP contribution in [-0.2, 0) is 0 Å². The van der Waals surface area contributed by atoms with Crippen LogP contribution in [0.25, 0.3) is 0 Å². The van der Waals surface area contributed by atoms with Crippen LogP contribution in [0.2, 0.25) is 5.02 Å². The molecule has 1 aromatic carbocycles. The fraction of sp³-hybridized carbons (Fsp3) is 0.462. The third kappa shape index (κ3) is 3.22. The van der Waals surface area contributed by atoms with E-state index in [1.807, 2.05) is 7.05 Å². The molecular formula is C13H15ClF2N2O. The van der Waals surface area contributed by atoms with Gasteiger partial charge in [-0.15, -0.1) is 0 Å². The first-order chi connectivity index (χ1) is 8.99. The maximum atomic E-state index is 13.2. The van der Waals surface area contributed by atoms with Crippen molar-refractivity contribution in [3.8, 4) is 0 Å². The second-order valence-corrected chi connectivity index (χ2v) is 5.10. The molecule has 6 heteroatoms. The molecule has 0 N–H and O–H groups in total. The quantitative estimate of drug-likeness (QED) is 0.741. The summed E-state index contributed by atoms with van der Waals surface area (Å²) in [5.41, 5.74) is 0.0186. The molecule has 3 nitrogen and oxygen atoms in total. The molecule has 1 aliphatic heterocycles. The van der Waals surface area contributed by atoms with Crippen molar-refractivity contribution in [1.82, 2.24) is 9.80 Å². The topological polar surface area (TPSA) is 23.6 Å². The lowest BCUT2D eigenvalue weighted by Crippen LogP contribution is -2.34. The summed E-state index contributed by atoms with van der Waals surface area (Å²) in [5.74, 6) is -2.45. The summed E-state index contributed by atoms with van der Waals surface area (Å²) in [6.45, 7) is 2.82. The Morgan fingerprint density at radius 2 is 1.84 bits per heavy atom. The summed E-state index contributed by atoms with van der Waals surface area (Å²) in [5, 5.41) is -0.0542. The lowest BCUT2D eigenvalue weighted by Gasteiger charge is -2.21. The zero-order chi connectivity index (χ0) is 14.0. The molecule has 19 heavy (non-hydrogen) atoms. The van der Waals surface area contributed by atoms with Gasteiger partial charge >= 0.3 is 0 Å². The highest BCUT2D eigenvalue weighted by molar-refractivity contribution is 6.33. The molecule has 1 heterocycles. The number of rotatable bonds is 1. The van der Waals surface area contributed by atoms with Gasteiger partial charge in [0.15, 0.2) is 11.6 Å². The maximum Gasteiger partial charge on any atom is 0.255 e. The van der Waals surface area contributed by atoms with E-state index in [1.165, 1.54) is 0 Å². The van der Waals surface area contributed by atoms with Crippen LogP contribution >= 0.6 is 11.6 Å². The number of halogens is 3. The van der Waals surface area contributed by atoms with Crippen molar-refractivity contribution in [3.63, 3.8) is 0 Å². The Bertz CT molecular complexity index is 496. The zero-order valence-electron chi connectivity index (χ0n) is 10.6. The van der Waals surface area contributed by atoms with E-state index in [9.17, 15) is 13.6 Å². The van der Waals surface area contributed by atoms with Gasteiger partial charge in [0.05, 0.1) is 10.6 Å². The normalized spacial score (nSPS) is 17.4. The SMILES string of the molecule is CN1CCCN(C(=O)c2cc(F)c(F)cc2Cl)CC1. The van der Waals surface area contributed by atoms with Gasteiger partial charge in [-0.1, -0.05) is 11.6 Å². The zero-order valence-corrected chi connectivity index (χ0v) is 11.4.